The number of rotatable bonds is 7. The van der Waals surface area contributed by atoms with Crippen molar-refractivity contribution in [3.05, 3.63) is 29.3 Å². The normalized spacial score (nSPS) is 12.8. The minimum absolute atomic E-state index is 0.537. The highest BCUT2D eigenvalue weighted by atomic mass is 16.5. The van der Waals surface area contributed by atoms with Gasteiger partial charge in [-0.3, -0.25) is 0 Å². The van der Waals surface area contributed by atoms with Crippen LogP contribution in [0.3, 0.4) is 0 Å². The van der Waals surface area contributed by atoms with Crippen LogP contribution in [0.1, 0.15) is 44.7 Å². The van der Waals surface area contributed by atoms with Crippen molar-refractivity contribution in [2.75, 3.05) is 19.7 Å². The minimum atomic E-state index is 0.537. The minimum Gasteiger partial charge on any atom is -0.493 e. The third kappa shape index (κ3) is 4.69. The predicted octanol–water partition coefficient (Wildman–Crippen LogP) is 3.74. The van der Waals surface area contributed by atoms with Gasteiger partial charge >= 0.3 is 0 Å². The van der Waals surface area contributed by atoms with Gasteiger partial charge in [-0.25, -0.2) is 0 Å². The summed E-state index contributed by atoms with van der Waals surface area (Å²) < 4.78 is 5.84. The first-order valence-electron chi connectivity index (χ1n) is 6.98. The third-order valence-electron chi connectivity index (χ3n) is 3.14. The highest BCUT2D eigenvalue weighted by Crippen LogP contribution is 2.23. The Kier molecular flexibility index (Phi) is 6.20. The van der Waals surface area contributed by atoms with Gasteiger partial charge < -0.3 is 10.1 Å². The Morgan fingerprint density at radius 2 is 1.94 bits per heavy atom. The molecule has 2 heteroatoms. The Morgan fingerprint density at radius 1 is 1.22 bits per heavy atom. The van der Waals surface area contributed by atoms with E-state index < -0.39 is 0 Å². The number of hydrogen-bond donors (Lipinski definition) is 1. The molecule has 0 spiro atoms. The molecule has 0 aromatic heterocycles. The van der Waals surface area contributed by atoms with Crippen molar-refractivity contribution in [2.45, 2.75) is 40.5 Å². The summed E-state index contributed by atoms with van der Waals surface area (Å²) in [6.07, 6.45) is 0. The molecule has 18 heavy (non-hydrogen) atoms. The highest BCUT2D eigenvalue weighted by molar-refractivity contribution is 5.36. The van der Waals surface area contributed by atoms with E-state index in [1.165, 1.54) is 11.1 Å². The molecule has 0 bridgehead atoms. The van der Waals surface area contributed by atoms with Crippen molar-refractivity contribution < 1.29 is 4.74 Å². The van der Waals surface area contributed by atoms with E-state index in [9.17, 15) is 0 Å². The van der Waals surface area contributed by atoms with Crippen molar-refractivity contribution in [2.24, 2.45) is 5.92 Å². The molecule has 1 aromatic carbocycles. The van der Waals surface area contributed by atoms with Gasteiger partial charge in [-0.1, -0.05) is 33.8 Å². The lowest BCUT2D eigenvalue weighted by molar-refractivity contribution is 0.256. The van der Waals surface area contributed by atoms with Gasteiger partial charge in [0.1, 0.15) is 5.75 Å². The van der Waals surface area contributed by atoms with Crippen molar-refractivity contribution >= 4 is 0 Å². The first kappa shape index (κ1) is 15.0. The van der Waals surface area contributed by atoms with Crippen molar-refractivity contribution in [1.82, 2.24) is 5.32 Å². The van der Waals surface area contributed by atoms with E-state index >= 15 is 0 Å². The van der Waals surface area contributed by atoms with Crippen LogP contribution in [-0.4, -0.2) is 19.7 Å². The maximum absolute atomic E-state index is 5.84. The van der Waals surface area contributed by atoms with Crippen molar-refractivity contribution in [1.29, 1.82) is 0 Å². The zero-order valence-corrected chi connectivity index (χ0v) is 12.4. The maximum atomic E-state index is 5.84. The van der Waals surface area contributed by atoms with Crippen LogP contribution in [0.2, 0.25) is 0 Å². The van der Waals surface area contributed by atoms with Gasteiger partial charge in [0.2, 0.25) is 0 Å². The summed E-state index contributed by atoms with van der Waals surface area (Å²) in [5.41, 5.74) is 2.73. The van der Waals surface area contributed by atoms with Crippen LogP contribution in [-0.2, 0) is 0 Å². The molecule has 1 atom stereocenters. The molecular weight excluding hydrogens is 222 g/mol. The molecule has 0 fully saturated rings. The van der Waals surface area contributed by atoms with E-state index in [2.05, 4.69) is 58.1 Å². The van der Waals surface area contributed by atoms with Crippen molar-refractivity contribution in [3.8, 4) is 5.75 Å². The molecule has 0 heterocycles. The molecule has 0 aliphatic carbocycles. The molecule has 0 aliphatic heterocycles. The van der Waals surface area contributed by atoms with Gasteiger partial charge in [-0.2, -0.15) is 0 Å². The fraction of sp³-hybridized carbons (Fsp3) is 0.625. The Labute approximate surface area is 112 Å². The predicted molar refractivity (Wildman–Crippen MR) is 78.5 cm³/mol. The second-order valence-corrected chi connectivity index (χ2v) is 5.40. The molecule has 0 radical (unpaired) electrons. The lowest BCUT2D eigenvalue weighted by Gasteiger charge is -2.15. The van der Waals surface area contributed by atoms with E-state index in [1.54, 1.807) is 0 Å². The maximum Gasteiger partial charge on any atom is 0.119 e. The molecule has 0 saturated heterocycles. The average molecular weight is 249 g/mol. The van der Waals surface area contributed by atoms with Crippen LogP contribution < -0.4 is 10.1 Å². The van der Waals surface area contributed by atoms with E-state index in [0.29, 0.717) is 11.8 Å². The lowest BCUT2D eigenvalue weighted by Crippen LogP contribution is -2.24. The Bertz CT molecular complexity index is 360. The number of aryl methyl sites for hydroxylation is 1. The summed E-state index contributed by atoms with van der Waals surface area (Å²) in [6.45, 7) is 13.7. The van der Waals surface area contributed by atoms with Gasteiger partial charge in [0.15, 0.2) is 0 Å². The second-order valence-electron chi connectivity index (χ2n) is 5.40. The fourth-order valence-corrected chi connectivity index (χ4v) is 2.07. The summed E-state index contributed by atoms with van der Waals surface area (Å²) in [7, 11) is 0. The third-order valence-corrected chi connectivity index (χ3v) is 3.14. The monoisotopic (exact) mass is 249 g/mol. The Morgan fingerprint density at radius 3 is 2.50 bits per heavy atom. The zero-order chi connectivity index (χ0) is 13.5. The second kappa shape index (κ2) is 7.42. The number of hydrogen-bond acceptors (Lipinski definition) is 2. The SMILES string of the molecule is CCNCC(C)COc1ccc(C(C)C)c(C)c1. The highest BCUT2D eigenvalue weighted by Gasteiger charge is 2.06. The average Bonchev–Trinajstić information content (AvgIpc) is 2.33. The number of benzene rings is 1. The Hall–Kier alpha value is -1.02. The largest absolute Gasteiger partial charge is 0.493 e. The molecule has 0 aliphatic rings. The van der Waals surface area contributed by atoms with Gasteiger partial charge in [-0.15, -0.1) is 0 Å². The summed E-state index contributed by atoms with van der Waals surface area (Å²) >= 11 is 0. The van der Waals surface area contributed by atoms with Crippen LogP contribution in [0, 0.1) is 12.8 Å². The van der Waals surface area contributed by atoms with E-state index in [0.717, 1.165) is 25.4 Å². The topological polar surface area (TPSA) is 21.3 Å². The lowest BCUT2D eigenvalue weighted by atomic mass is 9.98. The standard InChI is InChI=1S/C16H27NO/c1-6-17-10-13(4)11-18-15-7-8-16(12(2)3)14(5)9-15/h7-9,12-13,17H,6,10-11H2,1-5H3. The molecule has 102 valence electrons. The smallest absolute Gasteiger partial charge is 0.119 e. The number of ether oxygens (including phenoxy) is 1. The van der Waals surface area contributed by atoms with E-state index in [-0.39, 0.29) is 0 Å². The molecule has 1 aromatic rings. The fourth-order valence-electron chi connectivity index (χ4n) is 2.07. The first-order valence-corrected chi connectivity index (χ1v) is 6.98. The van der Waals surface area contributed by atoms with Gasteiger partial charge in [0.25, 0.3) is 0 Å². The van der Waals surface area contributed by atoms with Crippen LogP contribution in [0.25, 0.3) is 0 Å². The number of nitrogens with one attached hydrogen (secondary N) is 1. The van der Waals surface area contributed by atoms with E-state index in [1.807, 2.05) is 0 Å². The molecule has 1 N–H and O–H groups in total. The van der Waals surface area contributed by atoms with Crippen molar-refractivity contribution in [3.63, 3.8) is 0 Å². The summed E-state index contributed by atoms with van der Waals surface area (Å²) in [5, 5.41) is 3.34. The first-order chi connectivity index (χ1) is 8.54. The molecule has 0 saturated carbocycles. The quantitative estimate of drug-likeness (QED) is 0.795. The summed E-state index contributed by atoms with van der Waals surface area (Å²) in [4.78, 5) is 0. The molecule has 1 unspecified atom stereocenters. The van der Waals surface area contributed by atoms with Crippen LogP contribution in [0.4, 0.5) is 0 Å². The zero-order valence-electron chi connectivity index (χ0n) is 12.4. The molecule has 0 amide bonds. The van der Waals surface area contributed by atoms with Crippen LogP contribution in [0.15, 0.2) is 18.2 Å². The van der Waals surface area contributed by atoms with Gasteiger partial charge in [-0.05, 0) is 42.6 Å². The van der Waals surface area contributed by atoms with E-state index in [4.69, 9.17) is 4.74 Å². The molecule has 2 nitrogen and oxygen atoms in total. The van der Waals surface area contributed by atoms with Gasteiger partial charge in [0, 0.05) is 12.5 Å². The molecular formula is C16H27NO. The Balaban J connectivity index is 2.51. The van der Waals surface area contributed by atoms with Crippen LogP contribution in [0.5, 0.6) is 5.75 Å². The van der Waals surface area contributed by atoms with Crippen LogP contribution >= 0.6 is 0 Å². The summed E-state index contributed by atoms with van der Waals surface area (Å²) in [6, 6.07) is 6.42. The summed E-state index contributed by atoms with van der Waals surface area (Å²) in [5.74, 6) is 2.10. The van der Waals surface area contributed by atoms with Gasteiger partial charge in [0.05, 0.1) is 6.61 Å². The molecule has 1 rings (SSSR count).